The molecular weight excluding hydrogens is 351 g/mol. The number of carbonyl (C=O) groups is 2. The molecule has 1 aromatic heterocycles. The molecule has 0 fully saturated rings. The number of aromatic nitrogens is 1. The number of aryl methyl sites for hydroxylation is 1. The highest BCUT2D eigenvalue weighted by molar-refractivity contribution is 6.07. The van der Waals surface area contributed by atoms with Crippen molar-refractivity contribution in [1.82, 2.24) is 4.98 Å². The Hall–Kier alpha value is -3.48. The SMILES string of the molecule is COC(=O)CN(C(=O)c1oc(-c2ccccc2)nc1C)c1cccc(F)c1. The van der Waals surface area contributed by atoms with Crippen LogP contribution in [0.4, 0.5) is 10.1 Å². The summed E-state index contributed by atoms with van der Waals surface area (Å²) in [6, 6.07) is 14.5. The number of ether oxygens (including phenoxy) is 1. The van der Waals surface area contributed by atoms with Gasteiger partial charge in [-0.1, -0.05) is 24.3 Å². The zero-order chi connectivity index (χ0) is 19.4. The topological polar surface area (TPSA) is 72.6 Å². The molecule has 2 aromatic carbocycles. The standard InChI is InChI=1S/C20H17FN2O4/c1-13-18(27-19(22-13)14-7-4-3-5-8-14)20(25)23(12-17(24)26-2)16-10-6-9-15(21)11-16/h3-11H,12H2,1-2H3. The average Bonchev–Trinajstić information content (AvgIpc) is 3.07. The minimum Gasteiger partial charge on any atom is -0.468 e. The third-order valence-corrected chi connectivity index (χ3v) is 3.89. The third kappa shape index (κ3) is 4.03. The normalized spacial score (nSPS) is 10.5. The Labute approximate surface area is 155 Å². The summed E-state index contributed by atoms with van der Waals surface area (Å²) in [7, 11) is 1.21. The van der Waals surface area contributed by atoms with Crippen molar-refractivity contribution in [3.8, 4) is 11.5 Å². The maximum Gasteiger partial charge on any atom is 0.325 e. The number of amides is 1. The van der Waals surface area contributed by atoms with Gasteiger partial charge in [0.2, 0.25) is 11.7 Å². The molecule has 1 amide bonds. The summed E-state index contributed by atoms with van der Waals surface area (Å²) in [4.78, 5) is 30.2. The molecule has 0 aliphatic heterocycles. The Balaban J connectivity index is 1.99. The van der Waals surface area contributed by atoms with Crippen LogP contribution in [-0.2, 0) is 9.53 Å². The van der Waals surface area contributed by atoms with Crippen LogP contribution in [0.2, 0.25) is 0 Å². The fraction of sp³-hybridized carbons (Fsp3) is 0.150. The number of halogens is 1. The second-order valence-corrected chi connectivity index (χ2v) is 5.75. The van der Waals surface area contributed by atoms with Gasteiger partial charge in [0.15, 0.2) is 0 Å². The molecule has 138 valence electrons. The molecule has 1 heterocycles. The summed E-state index contributed by atoms with van der Waals surface area (Å²) in [6.07, 6.45) is 0. The average molecular weight is 368 g/mol. The molecule has 0 saturated carbocycles. The molecule has 0 aliphatic rings. The van der Waals surface area contributed by atoms with Crippen LogP contribution >= 0.6 is 0 Å². The fourth-order valence-electron chi connectivity index (χ4n) is 2.54. The Bertz CT molecular complexity index is 969. The van der Waals surface area contributed by atoms with Crippen molar-refractivity contribution in [1.29, 1.82) is 0 Å². The van der Waals surface area contributed by atoms with Crippen molar-refractivity contribution < 1.29 is 23.1 Å². The first kappa shape index (κ1) is 18.3. The van der Waals surface area contributed by atoms with Gasteiger partial charge in [0.05, 0.1) is 12.8 Å². The van der Waals surface area contributed by atoms with Crippen LogP contribution in [-0.4, -0.2) is 30.5 Å². The highest BCUT2D eigenvalue weighted by Crippen LogP contribution is 2.25. The predicted octanol–water partition coefficient (Wildman–Crippen LogP) is 3.61. The summed E-state index contributed by atoms with van der Waals surface area (Å²) in [5.74, 6) is -1.53. The summed E-state index contributed by atoms with van der Waals surface area (Å²) >= 11 is 0. The van der Waals surface area contributed by atoms with Crippen molar-refractivity contribution in [2.24, 2.45) is 0 Å². The van der Waals surface area contributed by atoms with Gasteiger partial charge in [-0.25, -0.2) is 9.37 Å². The molecule has 7 heteroatoms. The van der Waals surface area contributed by atoms with E-state index in [1.807, 2.05) is 18.2 Å². The van der Waals surface area contributed by atoms with E-state index in [1.54, 1.807) is 19.1 Å². The van der Waals surface area contributed by atoms with Gasteiger partial charge in [0.25, 0.3) is 5.91 Å². The second-order valence-electron chi connectivity index (χ2n) is 5.75. The summed E-state index contributed by atoms with van der Waals surface area (Å²) in [5.41, 5.74) is 1.29. The monoisotopic (exact) mass is 368 g/mol. The molecular formula is C20H17FN2O4. The van der Waals surface area contributed by atoms with E-state index >= 15 is 0 Å². The van der Waals surface area contributed by atoms with E-state index in [4.69, 9.17) is 4.42 Å². The van der Waals surface area contributed by atoms with Crippen LogP contribution in [0.1, 0.15) is 16.2 Å². The molecule has 0 spiro atoms. The van der Waals surface area contributed by atoms with Crippen LogP contribution in [0.5, 0.6) is 0 Å². The molecule has 0 aliphatic carbocycles. The number of anilines is 1. The van der Waals surface area contributed by atoms with Gasteiger partial charge in [-0.2, -0.15) is 0 Å². The molecule has 0 atom stereocenters. The maximum absolute atomic E-state index is 13.6. The summed E-state index contributed by atoms with van der Waals surface area (Å²) in [5, 5.41) is 0. The van der Waals surface area contributed by atoms with Crippen LogP contribution in [0.15, 0.2) is 59.0 Å². The number of hydrogen-bond acceptors (Lipinski definition) is 5. The van der Waals surface area contributed by atoms with Crippen molar-refractivity contribution in [3.05, 3.63) is 71.9 Å². The molecule has 0 radical (unpaired) electrons. The number of hydrogen-bond donors (Lipinski definition) is 0. The van der Waals surface area contributed by atoms with Gasteiger partial charge in [0, 0.05) is 11.3 Å². The first-order chi connectivity index (χ1) is 13.0. The van der Waals surface area contributed by atoms with Gasteiger partial charge in [0.1, 0.15) is 12.4 Å². The number of nitrogens with zero attached hydrogens (tertiary/aromatic N) is 2. The lowest BCUT2D eigenvalue weighted by Gasteiger charge is -2.20. The number of esters is 1. The van der Waals surface area contributed by atoms with Gasteiger partial charge < -0.3 is 9.15 Å². The van der Waals surface area contributed by atoms with Crippen LogP contribution < -0.4 is 4.90 Å². The third-order valence-electron chi connectivity index (χ3n) is 3.89. The van der Waals surface area contributed by atoms with E-state index in [2.05, 4.69) is 9.72 Å². The first-order valence-corrected chi connectivity index (χ1v) is 8.16. The van der Waals surface area contributed by atoms with Crippen molar-refractivity contribution in [2.45, 2.75) is 6.92 Å². The van der Waals surface area contributed by atoms with E-state index in [0.717, 1.165) is 11.0 Å². The van der Waals surface area contributed by atoms with Crippen molar-refractivity contribution >= 4 is 17.6 Å². The Morgan fingerprint density at radius 2 is 1.89 bits per heavy atom. The highest BCUT2D eigenvalue weighted by atomic mass is 19.1. The van der Waals surface area contributed by atoms with E-state index < -0.39 is 17.7 Å². The molecule has 3 rings (SSSR count). The van der Waals surface area contributed by atoms with Gasteiger partial charge in [-0.3, -0.25) is 14.5 Å². The van der Waals surface area contributed by atoms with Gasteiger partial charge >= 0.3 is 5.97 Å². The van der Waals surface area contributed by atoms with Crippen LogP contribution in [0.25, 0.3) is 11.5 Å². The first-order valence-electron chi connectivity index (χ1n) is 8.16. The number of carbonyl (C=O) groups excluding carboxylic acids is 2. The minimum absolute atomic E-state index is 0.0259. The van der Waals surface area contributed by atoms with E-state index in [0.29, 0.717) is 11.3 Å². The molecule has 6 nitrogen and oxygen atoms in total. The molecule has 3 aromatic rings. The Kier molecular flexibility index (Phi) is 5.30. The number of rotatable bonds is 5. The number of oxazole rings is 1. The fourth-order valence-corrected chi connectivity index (χ4v) is 2.54. The highest BCUT2D eigenvalue weighted by Gasteiger charge is 2.27. The lowest BCUT2D eigenvalue weighted by Crippen LogP contribution is -2.36. The lowest BCUT2D eigenvalue weighted by molar-refractivity contribution is -0.138. The van der Waals surface area contributed by atoms with Crippen LogP contribution in [0.3, 0.4) is 0 Å². The Morgan fingerprint density at radius 3 is 2.56 bits per heavy atom. The van der Waals surface area contributed by atoms with Crippen molar-refractivity contribution in [2.75, 3.05) is 18.6 Å². The molecule has 0 unspecified atom stereocenters. The maximum atomic E-state index is 13.6. The lowest BCUT2D eigenvalue weighted by atomic mass is 10.2. The zero-order valence-corrected chi connectivity index (χ0v) is 14.8. The molecule has 0 saturated heterocycles. The van der Waals surface area contributed by atoms with Gasteiger partial charge in [-0.15, -0.1) is 0 Å². The zero-order valence-electron chi connectivity index (χ0n) is 14.8. The summed E-state index contributed by atoms with van der Waals surface area (Å²) < 4.78 is 23.9. The smallest absolute Gasteiger partial charge is 0.325 e. The number of methoxy groups -OCH3 is 1. The minimum atomic E-state index is -0.645. The molecule has 0 bridgehead atoms. The largest absolute Gasteiger partial charge is 0.468 e. The summed E-state index contributed by atoms with van der Waals surface area (Å²) in [6.45, 7) is 1.24. The number of benzene rings is 2. The second kappa shape index (κ2) is 7.82. The van der Waals surface area contributed by atoms with E-state index in [9.17, 15) is 14.0 Å². The molecule has 0 N–H and O–H groups in total. The van der Waals surface area contributed by atoms with Crippen molar-refractivity contribution in [3.63, 3.8) is 0 Å². The van der Waals surface area contributed by atoms with E-state index in [-0.39, 0.29) is 23.9 Å². The predicted molar refractivity (Wildman–Crippen MR) is 96.8 cm³/mol. The van der Waals surface area contributed by atoms with Gasteiger partial charge in [-0.05, 0) is 37.3 Å². The quantitative estimate of drug-likeness (QED) is 0.643. The Morgan fingerprint density at radius 1 is 1.15 bits per heavy atom. The van der Waals surface area contributed by atoms with Crippen LogP contribution in [0, 0.1) is 12.7 Å². The van der Waals surface area contributed by atoms with E-state index in [1.165, 1.54) is 25.3 Å². The molecule has 27 heavy (non-hydrogen) atoms.